The van der Waals surface area contributed by atoms with E-state index in [-0.39, 0.29) is 5.91 Å². The van der Waals surface area contributed by atoms with Gasteiger partial charge in [0.05, 0.1) is 7.11 Å². The van der Waals surface area contributed by atoms with E-state index >= 15 is 0 Å². The zero-order chi connectivity index (χ0) is 9.72. The minimum absolute atomic E-state index is 0.298. The lowest BCUT2D eigenvalue weighted by atomic mass is 10.3. The van der Waals surface area contributed by atoms with Gasteiger partial charge < -0.3 is 9.64 Å². The van der Waals surface area contributed by atoms with Crippen LogP contribution in [0.2, 0.25) is 0 Å². The number of esters is 1. The van der Waals surface area contributed by atoms with Gasteiger partial charge >= 0.3 is 5.97 Å². The average molecular weight is 171 g/mol. The van der Waals surface area contributed by atoms with Crippen molar-refractivity contribution in [2.45, 2.75) is 13.0 Å². The first-order chi connectivity index (χ1) is 5.54. The highest BCUT2D eigenvalue weighted by molar-refractivity contribution is 5.90. The highest BCUT2D eigenvalue weighted by Gasteiger charge is 2.20. The van der Waals surface area contributed by atoms with Crippen molar-refractivity contribution < 1.29 is 14.3 Å². The highest BCUT2D eigenvalue weighted by atomic mass is 16.5. The van der Waals surface area contributed by atoms with E-state index in [4.69, 9.17) is 0 Å². The number of hydrogen-bond donors (Lipinski definition) is 0. The van der Waals surface area contributed by atoms with E-state index in [1.54, 1.807) is 6.92 Å². The van der Waals surface area contributed by atoms with Crippen molar-refractivity contribution in [1.29, 1.82) is 0 Å². The van der Waals surface area contributed by atoms with E-state index in [0.717, 1.165) is 6.08 Å². The Morgan fingerprint density at radius 2 is 2.08 bits per heavy atom. The number of ether oxygens (including phenoxy) is 1. The molecule has 0 aliphatic rings. The van der Waals surface area contributed by atoms with E-state index in [9.17, 15) is 9.59 Å². The van der Waals surface area contributed by atoms with Crippen LogP contribution in [-0.2, 0) is 14.3 Å². The number of carbonyl (C=O) groups is 2. The summed E-state index contributed by atoms with van der Waals surface area (Å²) in [5, 5.41) is 0. The molecule has 0 saturated carbocycles. The summed E-state index contributed by atoms with van der Waals surface area (Å²) in [6.45, 7) is 4.90. The Balaban J connectivity index is 4.27. The van der Waals surface area contributed by atoms with Gasteiger partial charge in [0.15, 0.2) is 0 Å². The average Bonchev–Trinajstić information content (AvgIpc) is 2.12. The summed E-state index contributed by atoms with van der Waals surface area (Å²) in [7, 11) is 2.80. The molecule has 0 fully saturated rings. The van der Waals surface area contributed by atoms with Crippen LogP contribution in [0.25, 0.3) is 0 Å². The summed E-state index contributed by atoms with van der Waals surface area (Å²) in [5.41, 5.74) is 0. The maximum absolute atomic E-state index is 11.0. The minimum Gasteiger partial charge on any atom is -0.467 e. The van der Waals surface area contributed by atoms with Gasteiger partial charge in [-0.15, -0.1) is 0 Å². The van der Waals surface area contributed by atoms with Crippen molar-refractivity contribution in [2.24, 2.45) is 0 Å². The molecule has 0 spiro atoms. The van der Waals surface area contributed by atoms with Crippen molar-refractivity contribution in [2.75, 3.05) is 14.2 Å². The number of carbonyl (C=O) groups excluding carboxylic acids is 2. The molecule has 1 atom stereocenters. The smallest absolute Gasteiger partial charge is 0.328 e. The van der Waals surface area contributed by atoms with Crippen LogP contribution >= 0.6 is 0 Å². The molecule has 0 N–H and O–H groups in total. The quantitative estimate of drug-likeness (QED) is 0.450. The minimum atomic E-state index is -0.569. The van der Waals surface area contributed by atoms with Crippen molar-refractivity contribution in [3.8, 4) is 0 Å². The predicted octanol–water partition coefficient (Wildman–Crippen LogP) is 0.192. The normalized spacial score (nSPS) is 11.6. The Bertz CT molecular complexity index is 200. The zero-order valence-corrected chi connectivity index (χ0v) is 7.53. The van der Waals surface area contributed by atoms with Gasteiger partial charge in [-0.2, -0.15) is 0 Å². The number of rotatable bonds is 3. The number of hydrogen-bond acceptors (Lipinski definition) is 3. The van der Waals surface area contributed by atoms with E-state index in [1.165, 1.54) is 19.1 Å². The van der Waals surface area contributed by atoms with Gasteiger partial charge in [-0.1, -0.05) is 6.58 Å². The number of likely N-dealkylation sites (N-methyl/N-ethyl adjacent to an activating group) is 1. The standard InChI is InChI=1S/C8H13NO3/c1-5-7(10)9(3)6(2)8(11)12-4/h5-6H,1H2,2-4H3. The molecule has 1 amide bonds. The second kappa shape index (κ2) is 4.54. The molecule has 1 unspecified atom stereocenters. The Morgan fingerprint density at radius 3 is 2.42 bits per heavy atom. The number of nitrogens with zero attached hydrogens (tertiary/aromatic N) is 1. The van der Waals surface area contributed by atoms with Crippen LogP contribution in [0.3, 0.4) is 0 Å². The van der Waals surface area contributed by atoms with Gasteiger partial charge in [-0.25, -0.2) is 4.79 Å². The fourth-order valence-electron chi connectivity index (χ4n) is 0.664. The molecule has 0 aliphatic carbocycles. The second-order valence-corrected chi connectivity index (χ2v) is 2.35. The molecule has 0 aromatic heterocycles. The summed E-state index contributed by atoms with van der Waals surface area (Å²) in [6, 6.07) is -0.569. The van der Waals surface area contributed by atoms with Crippen LogP contribution in [-0.4, -0.2) is 37.0 Å². The number of amides is 1. The monoisotopic (exact) mass is 171 g/mol. The molecular weight excluding hydrogens is 158 g/mol. The molecule has 4 heteroatoms. The molecule has 0 rings (SSSR count). The van der Waals surface area contributed by atoms with Crippen LogP contribution in [0.1, 0.15) is 6.92 Å². The topological polar surface area (TPSA) is 46.6 Å². The third-order valence-corrected chi connectivity index (χ3v) is 1.65. The summed E-state index contributed by atoms with van der Waals surface area (Å²) < 4.78 is 4.46. The molecule has 0 aliphatic heterocycles. The van der Waals surface area contributed by atoms with Gasteiger partial charge in [0.25, 0.3) is 0 Å². The fourth-order valence-corrected chi connectivity index (χ4v) is 0.664. The van der Waals surface area contributed by atoms with Gasteiger partial charge in [0.2, 0.25) is 5.91 Å². The maximum Gasteiger partial charge on any atom is 0.328 e. The van der Waals surface area contributed by atoms with Crippen molar-refractivity contribution in [1.82, 2.24) is 4.90 Å². The molecule has 0 bridgehead atoms. The molecule has 0 aromatic carbocycles. The zero-order valence-electron chi connectivity index (χ0n) is 7.53. The highest BCUT2D eigenvalue weighted by Crippen LogP contribution is 1.98. The van der Waals surface area contributed by atoms with Crippen molar-refractivity contribution in [3.63, 3.8) is 0 Å². The largest absolute Gasteiger partial charge is 0.467 e. The first-order valence-corrected chi connectivity index (χ1v) is 3.51. The Labute approximate surface area is 71.8 Å². The second-order valence-electron chi connectivity index (χ2n) is 2.35. The predicted molar refractivity (Wildman–Crippen MR) is 44.4 cm³/mol. The van der Waals surface area contributed by atoms with Crippen LogP contribution < -0.4 is 0 Å². The van der Waals surface area contributed by atoms with Crippen LogP contribution in [0, 0.1) is 0 Å². The molecule has 0 saturated heterocycles. The van der Waals surface area contributed by atoms with E-state index in [2.05, 4.69) is 11.3 Å². The lowest BCUT2D eigenvalue weighted by Gasteiger charge is -2.20. The van der Waals surface area contributed by atoms with Crippen LogP contribution in [0.15, 0.2) is 12.7 Å². The van der Waals surface area contributed by atoms with Crippen LogP contribution in [0.5, 0.6) is 0 Å². The molecule has 4 nitrogen and oxygen atoms in total. The Kier molecular flexibility index (Phi) is 4.04. The summed E-state index contributed by atoms with van der Waals surface area (Å²) in [5.74, 6) is -0.736. The van der Waals surface area contributed by atoms with Crippen molar-refractivity contribution in [3.05, 3.63) is 12.7 Å². The molecule has 0 heterocycles. The van der Waals surface area contributed by atoms with E-state index in [1.807, 2.05) is 0 Å². The number of methoxy groups -OCH3 is 1. The molecule has 68 valence electrons. The maximum atomic E-state index is 11.0. The first-order valence-electron chi connectivity index (χ1n) is 3.51. The fraction of sp³-hybridized carbons (Fsp3) is 0.500. The SMILES string of the molecule is C=CC(=O)N(C)C(C)C(=O)OC. The summed E-state index contributed by atoms with van der Waals surface area (Å²) in [4.78, 5) is 23.2. The third-order valence-electron chi connectivity index (χ3n) is 1.65. The van der Waals surface area contributed by atoms with E-state index < -0.39 is 12.0 Å². The Morgan fingerprint density at radius 1 is 1.58 bits per heavy atom. The van der Waals surface area contributed by atoms with Crippen LogP contribution in [0.4, 0.5) is 0 Å². The summed E-state index contributed by atoms with van der Waals surface area (Å²) >= 11 is 0. The molecule has 12 heavy (non-hydrogen) atoms. The van der Waals surface area contributed by atoms with Gasteiger partial charge in [-0.05, 0) is 13.0 Å². The Hall–Kier alpha value is -1.32. The molecule has 0 aromatic rings. The molecular formula is C8H13NO3. The van der Waals surface area contributed by atoms with E-state index in [0.29, 0.717) is 0 Å². The lowest BCUT2D eigenvalue weighted by Crippen LogP contribution is -2.39. The van der Waals surface area contributed by atoms with Gasteiger partial charge in [-0.3, -0.25) is 4.79 Å². The van der Waals surface area contributed by atoms with Gasteiger partial charge in [0, 0.05) is 7.05 Å². The lowest BCUT2D eigenvalue weighted by molar-refractivity contribution is -0.149. The van der Waals surface area contributed by atoms with Crippen molar-refractivity contribution >= 4 is 11.9 Å². The first kappa shape index (κ1) is 10.7. The third kappa shape index (κ3) is 2.38. The van der Waals surface area contributed by atoms with Gasteiger partial charge in [0.1, 0.15) is 6.04 Å². The molecule has 0 radical (unpaired) electrons. The summed E-state index contributed by atoms with van der Waals surface area (Å²) in [6.07, 6.45) is 1.15.